The van der Waals surface area contributed by atoms with Gasteiger partial charge in [-0.1, -0.05) is 42.5 Å². The molecule has 148 valence electrons. The van der Waals surface area contributed by atoms with Gasteiger partial charge in [0.15, 0.2) is 12.6 Å². The molecule has 1 aromatic carbocycles. The summed E-state index contributed by atoms with van der Waals surface area (Å²) in [5.74, 6) is -0.196. The molecule has 0 saturated carbocycles. The Bertz CT molecular complexity index is 618. The van der Waals surface area contributed by atoms with E-state index in [0.717, 1.165) is 18.4 Å². The van der Waals surface area contributed by atoms with Gasteiger partial charge in [0.25, 0.3) is 0 Å². The van der Waals surface area contributed by atoms with Gasteiger partial charge in [-0.25, -0.2) is 0 Å². The summed E-state index contributed by atoms with van der Waals surface area (Å²) in [6.45, 7) is 8.04. The van der Waals surface area contributed by atoms with Gasteiger partial charge in [0.1, 0.15) is 11.7 Å². The SMILES string of the molecule is C=CCCC[C@]1(O)[C@@H](OC)O[C@@H]2CO[C@@H](c3ccccc3)O[C@H]2[C@@H]1CC=C. The summed E-state index contributed by atoms with van der Waals surface area (Å²) in [5.41, 5.74) is -0.205. The molecule has 0 aliphatic carbocycles. The van der Waals surface area contributed by atoms with Crippen LogP contribution in [0.3, 0.4) is 0 Å². The first-order valence-electron chi connectivity index (χ1n) is 9.58. The number of hydrogen-bond donors (Lipinski definition) is 1. The van der Waals surface area contributed by atoms with Crippen LogP contribution >= 0.6 is 0 Å². The van der Waals surface area contributed by atoms with Crippen LogP contribution in [-0.4, -0.2) is 42.9 Å². The van der Waals surface area contributed by atoms with Crippen LogP contribution in [0.2, 0.25) is 0 Å². The molecule has 0 radical (unpaired) electrons. The Morgan fingerprint density at radius 3 is 2.67 bits per heavy atom. The van der Waals surface area contributed by atoms with E-state index in [-0.39, 0.29) is 18.1 Å². The lowest BCUT2D eigenvalue weighted by atomic mass is 9.73. The van der Waals surface area contributed by atoms with E-state index in [1.54, 1.807) is 7.11 Å². The van der Waals surface area contributed by atoms with Crippen LogP contribution in [0.15, 0.2) is 55.6 Å². The van der Waals surface area contributed by atoms with Crippen LogP contribution in [-0.2, 0) is 18.9 Å². The topological polar surface area (TPSA) is 57.2 Å². The lowest BCUT2D eigenvalue weighted by molar-refractivity contribution is -0.376. The van der Waals surface area contributed by atoms with Crippen molar-refractivity contribution in [2.24, 2.45) is 5.92 Å². The lowest BCUT2D eigenvalue weighted by Crippen LogP contribution is -2.65. The fourth-order valence-corrected chi connectivity index (χ4v) is 4.15. The zero-order chi connectivity index (χ0) is 19.3. The number of fused-ring (bicyclic) bond motifs is 1. The Morgan fingerprint density at radius 1 is 1.22 bits per heavy atom. The summed E-state index contributed by atoms with van der Waals surface area (Å²) < 4.78 is 23.8. The Morgan fingerprint density at radius 2 is 2.00 bits per heavy atom. The second-order valence-corrected chi connectivity index (χ2v) is 7.22. The number of rotatable bonds is 8. The third-order valence-electron chi connectivity index (χ3n) is 5.50. The molecule has 2 aliphatic rings. The molecule has 2 fully saturated rings. The number of allylic oxidation sites excluding steroid dienone is 2. The molecule has 0 amide bonds. The van der Waals surface area contributed by atoms with E-state index in [0.29, 0.717) is 19.4 Å². The number of aliphatic hydroxyl groups is 1. The number of ether oxygens (including phenoxy) is 4. The van der Waals surface area contributed by atoms with Crippen LogP contribution in [0.1, 0.15) is 37.5 Å². The molecular weight excluding hydrogens is 344 g/mol. The Hall–Kier alpha value is -1.50. The fraction of sp³-hybridized carbons (Fsp3) is 0.545. The minimum absolute atomic E-state index is 0.196. The van der Waals surface area contributed by atoms with Crippen molar-refractivity contribution < 1.29 is 24.1 Å². The molecule has 0 bridgehead atoms. The predicted octanol–water partition coefficient (Wildman–Crippen LogP) is 3.75. The van der Waals surface area contributed by atoms with E-state index < -0.39 is 18.2 Å². The van der Waals surface area contributed by atoms with Crippen LogP contribution in [0.5, 0.6) is 0 Å². The maximum atomic E-state index is 11.6. The zero-order valence-electron chi connectivity index (χ0n) is 16.0. The van der Waals surface area contributed by atoms with Crippen molar-refractivity contribution in [3.63, 3.8) is 0 Å². The average molecular weight is 374 g/mol. The Kier molecular flexibility index (Phi) is 6.84. The largest absolute Gasteiger partial charge is 0.384 e. The summed E-state index contributed by atoms with van der Waals surface area (Å²) in [6.07, 6.45) is 4.66. The smallest absolute Gasteiger partial charge is 0.186 e. The molecule has 2 saturated heterocycles. The molecular formula is C22H30O5. The van der Waals surface area contributed by atoms with Crippen molar-refractivity contribution >= 4 is 0 Å². The van der Waals surface area contributed by atoms with Gasteiger partial charge in [-0.15, -0.1) is 13.2 Å². The van der Waals surface area contributed by atoms with Gasteiger partial charge in [-0.05, 0) is 25.7 Å². The Balaban J connectivity index is 1.85. The average Bonchev–Trinajstić information content (AvgIpc) is 2.70. The summed E-state index contributed by atoms with van der Waals surface area (Å²) in [6, 6.07) is 9.83. The summed E-state index contributed by atoms with van der Waals surface area (Å²) in [7, 11) is 1.56. The molecule has 3 rings (SSSR count). The molecule has 2 heterocycles. The third-order valence-corrected chi connectivity index (χ3v) is 5.50. The van der Waals surface area contributed by atoms with Crippen molar-refractivity contribution in [2.75, 3.05) is 13.7 Å². The van der Waals surface area contributed by atoms with E-state index in [2.05, 4.69) is 13.2 Å². The van der Waals surface area contributed by atoms with Gasteiger partial charge in [-0.3, -0.25) is 0 Å². The highest BCUT2D eigenvalue weighted by atomic mass is 16.7. The molecule has 1 aromatic rings. The molecule has 0 unspecified atom stereocenters. The molecule has 5 heteroatoms. The van der Waals surface area contributed by atoms with Gasteiger partial charge < -0.3 is 24.1 Å². The van der Waals surface area contributed by atoms with Crippen LogP contribution in [0, 0.1) is 5.92 Å². The van der Waals surface area contributed by atoms with Gasteiger partial charge in [0.2, 0.25) is 0 Å². The van der Waals surface area contributed by atoms with Gasteiger partial charge in [0.05, 0.1) is 12.7 Å². The number of unbranched alkanes of at least 4 members (excludes halogenated alkanes) is 1. The van der Waals surface area contributed by atoms with Gasteiger partial charge >= 0.3 is 0 Å². The highest BCUT2D eigenvalue weighted by Crippen LogP contribution is 2.45. The molecule has 5 nitrogen and oxygen atoms in total. The monoisotopic (exact) mass is 374 g/mol. The standard InChI is InChI=1S/C22H30O5/c1-4-6-10-14-22(23)17(11-5-2)19-18(26-21(22)24-3)15-25-20(27-19)16-12-8-7-9-13-16/h4-5,7-9,12-13,17-21,23H,1-2,6,10-11,14-15H2,3H3/t17-,18+,19-,20+,21-,22+/m0/s1. The zero-order valence-corrected chi connectivity index (χ0v) is 16.0. The second kappa shape index (κ2) is 9.13. The number of hydrogen-bond acceptors (Lipinski definition) is 5. The van der Waals surface area contributed by atoms with Crippen LogP contribution in [0.4, 0.5) is 0 Å². The first-order chi connectivity index (χ1) is 13.1. The van der Waals surface area contributed by atoms with Crippen molar-refractivity contribution in [1.29, 1.82) is 0 Å². The van der Waals surface area contributed by atoms with Crippen molar-refractivity contribution in [2.45, 2.75) is 56.1 Å². The van der Waals surface area contributed by atoms with Crippen molar-refractivity contribution in [1.82, 2.24) is 0 Å². The molecule has 2 aliphatic heterocycles. The highest BCUT2D eigenvalue weighted by molar-refractivity contribution is 5.17. The molecule has 6 atom stereocenters. The van der Waals surface area contributed by atoms with E-state index in [9.17, 15) is 5.11 Å². The van der Waals surface area contributed by atoms with E-state index in [1.165, 1.54) is 0 Å². The predicted molar refractivity (Wildman–Crippen MR) is 103 cm³/mol. The first kappa shape index (κ1) is 20.2. The third kappa shape index (κ3) is 4.18. The Labute approximate surface area is 161 Å². The van der Waals surface area contributed by atoms with Gasteiger partial charge in [0, 0.05) is 18.6 Å². The minimum Gasteiger partial charge on any atom is -0.384 e. The van der Waals surface area contributed by atoms with Gasteiger partial charge in [-0.2, -0.15) is 0 Å². The van der Waals surface area contributed by atoms with E-state index in [1.807, 2.05) is 42.5 Å². The first-order valence-corrected chi connectivity index (χ1v) is 9.58. The molecule has 1 N–H and O–H groups in total. The van der Waals surface area contributed by atoms with Crippen LogP contribution in [0.25, 0.3) is 0 Å². The second-order valence-electron chi connectivity index (χ2n) is 7.22. The van der Waals surface area contributed by atoms with E-state index in [4.69, 9.17) is 18.9 Å². The maximum Gasteiger partial charge on any atom is 0.186 e. The highest BCUT2D eigenvalue weighted by Gasteiger charge is 2.57. The summed E-state index contributed by atoms with van der Waals surface area (Å²) >= 11 is 0. The summed E-state index contributed by atoms with van der Waals surface area (Å²) in [5, 5.41) is 11.6. The normalized spacial score (nSPS) is 36.0. The molecule has 0 spiro atoms. The number of benzene rings is 1. The van der Waals surface area contributed by atoms with E-state index >= 15 is 0 Å². The molecule has 27 heavy (non-hydrogen) atoms. The number of methoxy groups -OCH3 is 1. The lowest BCUT2D eigenvalue weighted by Gasteiger charge is -2.53. The van der Waals surface area contributed by atoms with Crippen molar-refractivity contribution in [3.8, 4) is 0 Å². The molecule has 0 aromatic heterocycles. The fourth-order valence-electron chi connectivity index (χ4n) is 4.15. The van der Waals surface area contributed by atoms with Crippen LogP contribution < -0.4 is 0 Å². The summed E-state index contributed by atoms with van der Waals surface area (Å²) in [4.78, 5) is 0. The minimum atomic E-state index is -1.16. The quantitative estimate of drug-likeness (QED) is 0.555. The maximum absolute atomic E-state index is 11.6. The van der Waals surface area contributed by atoms with Crippen molar-refractivity contribution in [3.05, 3.63) is 61.2 Å².